The predicted molar refractivity (Wildman–Crippen MR) is 78.0 cm³/mol. The van der Waals surface area contributed by atoms with Crippen LogP contribution in [0, 0.1) is 20.4 Å². The molecule has 0 radical (unpaired) electrons. The van der Waals surface area contributed by atoms with E-state index < -0.39 is 0 Å². The number of nitrogens with zero attached hydrogens (tertiary/aromatic N) is 3. The molecule has 0 saturated heterocycles. The highest BCUT2D eigenvalue weighted by Gasteiger charge is 2.11. The molecule has 0 aliphatic rings. The van der Waals surface area contributed by atoms with Crippen molar-refractivity contribution in [2.45, 2.75) is 13.8 Å². The number of imidazole rings is 1. The maximum atomic E-state index is 9.88. The Bertz CT molecular complexity index is 856. The summed E-state index contributed by atoms with van der Waals surface area (Å²) in [4.78, 5) is 7.91. The maximum absolute atomic E-state index is 9.88. The van der Waals surface area contributed by atoms with Crippen LogP contribution in [-0.4, -0.2) is 14.5 Å². The highest BCUT2D eigenvalue weighted by Crippen LogP contribution is 2.32. The fourth-order valence-electron chi connectivity index (χ4n) is 2.24. The van der Waals surface area contributed by atoms with E-state index in [-0.39, 0.29) is 5.75 Å². The Morgan fingerprint density at radius 1 is 1.25 bits per heavy atom. The second-order valence-corrected chi connectivity index (χ2v) is 4.82. The van der Waals surface area contributed by atoms with Crippen LogP contribution in [-0.2, 0) is 0 Å². The third-order valence-electron chi connectivity index (χ3n) is 3.43. The van der Waals surface area contributed by atoms with Gasteiger partial charge in [0.15, 0.2) is 0 Å². The van der Waals surface area contributed by atoms with E-state index in [1.54, 1.807) is 24.5 Å². The summed E-state index contributed by atoms with van der Waals surface area (Å²) in [7, 11) is 0. The van der Waals surface area contributed by atoms with Crippen molar-refractivity contribution in [3.05, 3.63) is 59.3 Å². The number of rotatable bonds is 1. The molecule has 1 N–H and O–H groups in total. The van der Waals surface area contributed by atoms with Gasteiger partial charge in [0, 0.05) is 23.7 Å². The highest BCUT2D eigenvalue weighted by molar-refractivity contribution is 5.81. The van der Waals surface area contributed by atoms with Crippen LogP contribution in [0.25, 0.3) is 21.6 Å². The Kier molecular flexibility index (Phi) is 2.69. The average molecular weight is 263 g/mol. The second kappa shape index (κ2) is 4.39. The fraction of sp³-hybridized carbons (Fsp3) is 0.125. The monoisotopic (exact) mass is 263 g/mol. The molecule has 98 valence electrons. The van der Waals surface area contributed by atoms with E-state index in [2.05, 4.69) is 9.83 Å². The molecular formula is C16H13N3O. The third kappa shape index (κ3) is 1.81. The molecule has 0 aliphatic carbocycles. The molecule has 0 spiro atoms. The maximum Gasteiger partial charge on any atom is 0.204 e. The highest BCUT2D eigenvalue weighted by atomic mass is 16.3. The molecular weight excluding hydrogens is 250 g/mol. The van der Waals surface area contributed by atoms with E-state index in [9.17, 15) is 5.11 Å². The van der Waals surface area contributed by atoms with Gasteiger partial charge in [-0.3, -0.25) is 0 Å². The summed E-state index contributed by atoms with van der Waals surface area (Å²) in [6.45, 7) is 11.0. The van der Waals surface area contributed by atoms with Crippen LogP contribution in [0.1, 0.15) is 11.3 Å². The van der Waals surface area contributed by atoms with Crippen molar-refractivity contribution in [1.82, 2.24) is 9.38 Å². The van der Waals surface area contributed by atoms with Crippen LogP contribution in [0.5, 0.6) is 5.75 Å². The lowest BCUT2D eigenvalue weighted by atomic mass is 10.0. The van der Waals surface area contributed by atoms with Gasteiger partial charge in [-0.05, 0) is 37.1 Å². The molecule has 0 atom stereocenters. The Hall–Kier alpha value is -2.80. The van der Waals surface area contributed by atoms with Crippen LogP contribution < -0.4 is 0 Å². The van der Waals surface area contributed by atoms with E-state index in [1.807, 2.05) is 30.4 Å². The lowest BCUT2D eigenvalue weighted by molar-refractivity contribution is 0.471. The van der Waals surface area contributed by atoms with E-state index in [4.69, 9.17) is 6.57 Å². The molecule has 0 unspecified atom stereocenters. The van der Waals surface area contributed by atoms with Gasteiger partial charge in [0.2, 0.25) is 5.69 Å². The van der Waals surface area contributed by atoms with Crippen LogP contribution in [0.3, 0.4) is 0 Å². The Morgan fingerprint density at radius 2 is 2.05 bits per heavy atom. The number of benzene rings is 1. The van der Waals surface area contributed by atoms with Crippen molar-refractivity contribution in [3.63, 3.8) is 0 Å². The second-order valence-electron chi connectivity index (χ2n) is 4.82. The van der Waals surface area contributed by atoms with Crippen molar-refractivity contribution in [1.29, 1.82) is 0 Å². The molecule has 0 amide bonds. The molecule has 3 aromatic rings. The Labute approximate surface area is 116 Å². The van der Waals surface area contributed by atoms with Gasteiger partial charge in [-0.1, -0.05) is 12.1 Å². The van der Waals surface area contributed by atoms with E-state index in [1.165, 1.54) is 0 Å². The normalized spacial score (nSPS) is 10.7. The smallest absolute Gasteiger partial charge is 0.204 e. The van der Waals surface area contributed by atoms with E-state index in [0.717, 1.165) is 28.0 Å². The fourth-order valence-corrected chi connectivity index (χ4v) is 2.24. The zero-order valence-electron chi connectivity index (χ0n) is 11.3. The number of phenols is 1. The van der Waals surface area contributed by atoms with Crippen LogP contribution in [0.2, 0.25) is 0 Å². The number of phenolic OH excluding ortho intramolecular Hbond substituents is 1. The molecule has 20 heavy (non-hydrogen) atoms. The minimum absolute atomic E-state index is 0.247. The van der Waals surface area contributed by atoms with Gasteiger partial charge >= 0.3 is 0 Å². The first-order chi connectivity index (χ1) is 9.60. The lowest BCUT2D eigenvalue weighted by Gasteiger charge is -2.08. The largest absolute Gasteiger partial charge is 0.508 e. The molecule has 4 heteroatoms. The quantitative estimate of drug-likeness (QED) is 0.677. The van der Waals surface area contributed by atoms with Crippen molar-refractivity contribution in [2.75, 3.05) is 0 Å². The molecule has 0 fully saturated rings. The first-order valence-corrected chi connectivity index (χ1v) is 6.25. The Balaban J connectivity index is 2.34. The van der Waals surface area contributed by atoms with Gasteiger partial charge in [0.25, 0.3) is 0 Å². The summed E-state index contributed by atoms with van der Waals surface area (Å²) in [5, 5.41) is 9.88. The summed E-state index contributed by atoms with van der Waals surface area (Å²) in [6, 6.07) is 7.31. The zero-order chi connectivity index (χ0) is 14.3. The number of aromatic nitrogens is 2. The molecule has 2 aromatic heterocycles. The molecule has 0 saturated carbocycles. The van der Waals surface area contributed by atoms with Gasteiger partial charge in [0.1, 0.15) is 11.4 Å². The van der Waals surface area contributed by atoms with Crippen molar-refractivity contribution >= 4 is 11.3 Å². The predicted octanol–water partition coefficient (Wildman–Crippen LogP) is 3.87. The van der Waals surface area contributed by atoms with Gasteiger partial charge in [-0.25, -0.2) is 9.83 Å². The number of pyridine rings is 1. The van der Waals surface area contributed by atoms with E-state index >= 15 is 0 Å². The summed E-state index contributed by atoms with van der Waals surface area (Å²) < 4.78 is 1.90. The third-order valence-corrected chi connectivity index (χ3v) is 3.43. The Morgan fingerprint density at radius 3 is 2.75 bits per heavy atom. The van der Waals surface area contributed by atoms with Crippen molar-refractivity contribution in [2.24, 2.45) is 0 Å². The minimum Gasteiger partial charge on any atom is -0.508 e. The number of fused-ring (bicyclic) bond motifs is 1. The summed E-state index contributed by atoms with van der Waals surface area (Å²) in [5.41, 5.74) is 4.84. The van der Waals surface area contributed by atoms with Crippen LogP contribution in [0.4, 0.5) is 5.69 Å². The van der Waals surface area contributed by atoms with Gasteiger partial charge in [-0.2, -0.15) is 0 Å². The topological polar surface area (TPSA) is 41.9 Å². The summed E-state index contributed by atoms with van der Waals surface area (Å²) in [6.07, 6.45) is 3.56. The first kappa shape index (κ1) is 12.2. The van der Waals surface area contributed by atoms with Gasteiger partial charge in [-0.15, -0.1) is 0 Å². The molecule has 1 aromatic carbocycles. The number of aryl methyl sites for hydroxylation is 2. The van der Waals surface area contributed by atoms with Crippen LogP contribution in [0.15, 0.2) is 36.7 Å². The van der Waals surface area contributed by atoms with E-state index in [0.29, 0.717) is 5.69 Å². The van der Waals surface area contributed by atoms with Crippen LogP contribution >= 0.6 is 0 Å². The van der Waals surface area contributed by atoms with Gasteiger partial charge in [0.05, 0.1) is 6.57 Å². The zero-order valence-corrected chi connectivity index (χ0v) is 11.3. The summed E-state index contributed by atoms with van der Waals surface area (Å²) >= 11 is 0. The lowest BCUT2D eigenvalue weighted by Crippen LogP contribution is -1.90. The summed E-state index contributed by atoms with van der Waals surface area (Å²) in [5.74, 6) is 0.247. The van der Waals surface area contributed by atoms with Crippen molar-refractivity contribution in [3.8, 4) is 16.9 Å². The standard InChI is InChI=1S/C16H13N3O/c1-10-4-5-12(6-15(10)20)14-7-13(17-3)9-19-11(2)8-18-16(14)19/h4-9,20H,1-2H3. The first-order valence-electron chi connectivity index (χ1n) is 6.25. The SMILES string of the molecule is [C-]#[N+]c1cc(-c2ccc(C)c(O)c2)c2ncc(C)n2c1. The van der Waals surface area contributed by atoms with Crippen molar-refractivity contribution < 1.29 is 5.11 Å². The van der Waals surface area contributed by atoms with Gasteiger partial charge < -0.3 is 9.51 Å². The molecule has 0 aliphatic heterocycles. The molecule has 3 rings (SSSR count). The number of hydrogen-bond acceptors (Lipinski definition) is 2. The average Bonchev–Trinajstić information content (AvgIpc) is 2.82. The molecule has 2 heterocycles. The minimum atomic E-state index is 0.247. The molecule has 0 bridgehead atoms. The number of aromatic hydroxyl groups is 1. The molecule has 4 nitrogen and oxygen atoms in total. The number of hydrogen-bond donors (Lipinski definition) is 1.